The number of aliphatic hydroxyl groups excluding tert-OH is 1. The average Bonchev–Trinajstić information content (AvgIpc) is 2.80. The lowest BCUT2D eigenvalue weighted by Crippen LogP contribution is -2.40. The fourth-order valence-electron chi connectivity index (χ4n) is 5.05. The minimum absolute atomic E-state index is 0.153. The molecular formula is C27H34O6. The van der Waals surface area contributed by atoms with Crippen LogP contribution in [-0.4, -0.2) is 39.7 Å². The maximum absolute atomic E-state index is 10.8. The number of ether oxygens (including phenoxy) is 2. The first-order valence-corrected chi connectivity index (χ1v) is 11.9. The fourth-order valence-corrected chi connectivity index (χ4v) is 5.05. The van der Waals surface area contributed by atoms with Crippen molar-refractivity contribution < 1.29 is 29.9 Å². The van der Waals surface area contributed by atoms with Crippen LogP contribution in [0.1, 0.15) is 67.4 Å². The Morgan fingerprint density at radius 2 is 1.88 bits per heavy atom. The lowest BCUT2D eigenvalue weighted by atomic mass is 9.78. The van der Waals surface area contributed by atoms with Crippen LogP contribution >= 0.6 is 0 Å². The second-order valence-electron chi connectivity index (χ2n) is 9.16. The van der Waals surface area contributed by atoms with Crippen molar-refractivity contribution in [1.82, 2.24) is 0 Å². The summed E-state index contributed by atoms with van der Waals surface area (Å²) in [6.07, 6.45) is 8.84. The summed E-state index contributed by atoms with van der Waals surface area (Å²) in [6, 6.07) is 7.31. The summed E-state index contributed by atoms with van der Waals surface area (Å²) in [5, 5.41) is 41.4. The van der Waals surface area contributed by atoms with E-state index in [9.17, 15) is 20.4 Å². The smallest absolute Gasteiger partial charge is 0.201 e. The number of phenolic OH excluding ortho intramolecular Hbond substituents is 3. The normalized spacial score (nSPS) is 23.7. The van der Waals surface area contributed by atoms with Crippen LogP contribution in [0.15, 0.2) is 30.3 Å². The van der Waals surface area contributed by atoms with E-state index in [1.807, 2.05) is 18.2 Å². The summed E-state index contributed by atoms with van der Waals surface area (Å²) in [6.45, 7) is 2.17. The fraction of sp³-hybridized carbons (Fsp3) is 0.481. The molecule has 4 N–H and O–H groups in total. The summed E-state index contributed by atoms with van der Waals surface area (Å²) in [5.74, 6) is -0.223. The Hall–Kier alpha value is -2.70. The van der Waals surface area contributed by atoms with Crippen molar-refractivity contribution in [2.75, 3.05) is 7.11 Å². The van der Waals surface area contributed by atoms with Gasteiger partial charge in [0.1, 0.15) is 5.75 Å². The van der Waals surface area contributed by atoms with E-state index >= 15 is 0 Å². The molecule has 2 aromatic rings. The maximum atomic E-state index is 10.8. The molecule has 2 aromatic carbocycles. The van der Waals surface area contributed by atoms with Crippen LogP contribution in [0.2, 0.25) is 0 Å². The van der Waals surface area contributed by atoms with Gasteiger partial charge in [-0.15, -0.1) is 0 Å². The molecule has 0 aromatic heterocycles. The molecule has 1 aliphatic heterocycles. The standard InChI is InChI=1S/C27H34O6/c1-3-4-5-6-17-13-16(8-12-22(17)28)7-9-18-14-23(29)20-11-10-19-21(26(20)33-18)15-24(30)25(31)27(19)32-2/h8,10-13,15,18,20,23,26,28-31H,3-7,9,14H2,1-2H3/t18-,20-,23-,26+/m1/s1. The summed E-state index contributed by atoms with van der Waals surface area (Å²) >= 11 is 0. The maximum Gasteiger partial charge on any atom is 0.201 e. The molecule has 6 heteroatoms. The van der Waals surface area contributed by atoms with Crippen LogP contribution in [0, 0.1) is 5.92 Å². The molecule has 0 unspecified atom stereocenters. The van der Waals surface area contributed by atoms with Gasteiger partial charge in [0.05, 0.1) is 25.4 Å². The zero-order valence-electron chi connectivity index (χ0n) is 19.3. The van der Waals surface area contributed by atoms with Gasteiger partial charge in [0, 0.05) is 17.9 Å². The zero-order valence-corrected chi connectivity index (χ0v) is 19.3. The van der Waals surface area contributed by atoms with Gasteiger partial charge in [-0.1, -0.05) is 44.1 Å². The highest BCUT2D eigenvalue weighted by Gasteiger charge is 2.41. The first-order valence-electron chi connectivity index (χ1n) is 11.9. The van der Waals surface area contributed by atoms with Gasteiger partial charge in [-0.05, 0) is 54.5 Å². The van der Waals surface area contributed by atoms with Crippen molar-refractivity contribution in [3.05, 3.63) is 52.6 Å². The predicted molar refractivity (Wildman–Crippen MR) is 127 cm³/mol. The predicted octanol–water partition coefficient (Wildman–Crippen LogP) is 5.01. The third-order valence-corrected chi connectivity index (χ3v) is 6.89. The number of aromatic hydroxyl groups is 3. The Bertz CT molecular complexity index is 1010. The van der Waals surface area contributed by atoms with E-state index < -0.39 is 12.2 Å². The van der Waals surface area contributed by atoms with Crippen molar-refractivity contribution in [2.45, 2.75) is 70.2 Å². The Balaban J connectivity index is 1.49. The number of unbranched alkanes of at least 4 members (excludes halogenated alkanes) is 2. The number of methoxy groups -OCH3 is 1. The molecule has 0 saturated carbocycles. The molecule has 1 saturated heterocycles. The van der Waals surface area contributed by atoms with Crippen molar-refractivity contribution in [3.8, 4) is 23.0 Å². The van der Waals surface area contributed by atoms with Gasteiger partial charge >= 0.3 is 0 Å². The van der Waals surface area contributed by atoms with Crippen LogP contribution in [-0.2, 0) is 17.6 Å². The third-order valence-electron chi connectivity index (χ3n) is 6.89. The molecular weight excluding hydrogens is 420 g/mol. The van der Waals surface area contributed by atoms with Gasteiger partial charge in [-0.25, -0.2) is 0 Å². The Morgan fingerprint density at radius 3 is 2.64 bits per heavy atom. The number of hydrogen-bond acceptors (Lipinski definition) is 6. The Kier molecular flexibility index (Phi) is 7.15. The Morgan fingerprint density at radius 1 is 1.06 bits per heavy atom. The molecule has 0 bridgehead atoms. The van der Waals surface area contributed by atoms with Crippen molar-refractivity contribution >= 4 is 6.08 Å². The minimum atomic E-state index is -0.565. The largest absolute Gasteiger partial charge is 0.508 e. The molecule has 4 rings (SSSR count). The highest BCUT2D eigenvalue weighted by atomic mass is 16.5. The molecule has 6 nitrogen and oxygen atoms in total. The summed E-state index contributed by atoms with van der Waals surface area (Å²) in [7, 11) is 1.45. The highest BCUT2D eigenvalue weighted by molar-refractivity contribution is 5.71. The van der Waals surface area contributed by atoms with Crippen LogP contribution in [0.25, 0.3) is 6.08 Å². The van der Waals surface area contributed by atoms with Crippen molar-refractivity contribution in [1.29, 1.82) is 0 Å². The molecule has 1 aliphatic carbocycles. The molecule has 2 aliphatic rings. The molecule has 1 heterocycles. The number of hydrogen-bond donors (Lipinski definition) is 4. The first-order chi connectivity index (χ1) is 15.9. The number of phenols is 3. The minimum Gasteiger partial charge on any atom is -0.508 e. The molecule has 0 spiro atoms. The SMILES string of the molecule is CCCCCc1cc(CC[C@@H]2C[C@@H](O)[C@H]3C=Cc4c(cc(O)c(O)c4OC)[C@H]3O2)ccc1O. The lowest BCUT2D eigenvalue weighted by molar-refractivity contribution is -0.127. The van der Waals surface area contributed by atoms with Crippen LogP contribution in [0.5, 0.6) is 23.0 Å². The summed E-state index contributed by atoms with van der Waals surface area (Å²) in [4.78, 5) is 0. The van der Waals surface area contributed by atoms with Gasteiger partial charge in [0.15, 0.2) is 11.5 Å². The van der Waals surface area contributed by atoms with E-state index in [2.05, 4.69) is 13.0 Å². The average molecular weight is 455 g/mol. The van der Waals surface area contributed by atoms with Gasteiger partial charge in [0.2, 0.25) is 5.75 Å². The first kappa shape index (κ1) is 23.5. The molecule has 0 amide bonds. The van der Waals surface area contributed by atoms with E-state index in [1.54, 1.807) is 6.07 Å². The van der Waals surface area contributed by atoms with Gasteiger partial charge in [-0.3, -0.25) is 0 Å². The second kappa shape index (κ2) is 10.1. The van der Waals surface area contributed by atoms with Crippen molar-refractivity contribution in [3.63, 3.8) is 0 Å². The quantitative estimate of drug-likeness (QED) is 0.331. The third kappa shape index (κ3) is 4.82. The van der Waals surface area contributed by atoms with Gasteiger partial charge < -0.3 is 29.9 Å². The van der Waals surface area contributed by atoms with Crippen molar-refractivity contribution in [2.24, 2.45) is 5.92 Å². The topological polar surface area (TPSA) is 99.4 Å². The molecule has 1 fully saturated rings. The molecule has 178 valence electrons. The number of rotatable bonds is 8. The molecule has 33 heavy (non-hydrogen) atoms. The van der Waals surface area contributed by atoms with Gasteiger partial charge in [-0.2, -0.15) is 0 Å². The molecule has 0 radical (unpaired) electrons. The summed E-state index contributed by atoms with van der Waals surface area (Å²) < 4.78 is 11.7. The summed E-state index contributed by atoms with van der Waals surface area (Å²) in [5.41, 5.74) is 3.51. The van der Waals surface area contributed by atoms with Crippen LogP contribution < -0.4 is 4.74 Å². The number of benzene rings is 2. The monoisotopic (exact) mass is 454 g/mol. The number of aryl methyl sites for hydroxylation is 2. The molecule has 4 atom stereocenters. The Labute approximate surface area is 195 Å². The second-order valence-corrected chi connectivity index (χ2v) is 9.16. The van der Waals surface area contributed by atoms with Crippen LogP contribution in [0.4, 0.5) is 0 Å². The van der Waals surface area contributed by atoms with E-state index in [4.69, 9.17) is 9.47 Å². The van der Waals surface area contributed by atoms with E-state index in [1.165, 1.54) is 13.2 Å². The van der Waals surface area contributed by atoms with E-state index in [-0.39, 0.29) is 29.3 Å². The number of aliphatic hydroxyl groups is 1. The zero-order chi connectivity index (χ0) is 23.5. The van der Waals surface area contributed by atoms with Crippen LogP contribution in [0.3, 0.4) is 0 Å². The van der Waals surface area contributed by atoms with Gasteiger partial charge in [0.25, 0.3) is 0 Å². The van der Waals surface area contributed by atoms with E-state index in [0.717, 1.165) is 49.7 Å². The highest BCUT2D eigenvalue weighted by Crippen LogP contribution is 2.50. The van der Waals surface area contributed by atoms with E-state index in [0.29, 0.717) is 23.3 Å². The number of fused-ring (bicyclic) bond motifs is 3. The lowest BCUT2D eigenvalue weighted by Gasteiger charge is -2.41.